The van der Waals surface area contributed by atoms with Gasteiger partial charge in [0.05, 0.1) is 4.90 Å². The average molecular weight is 448 g/mol. The molecule has 0 saturated heterocycles. The lowest BCUT2D eigenvalue weighted by molar-refractivity contribution is 0.102. The Kier molecular flexibility index (Phi) is 6.96. The van der Waals surface area contributed by atoms with Crippen molar-refractivity contribution in [2.75, 3.05) is 5.32 Å². The zero-order valence-corrected chi connectivity index (χ0v) is 18.2. The summed E-state index contributed by atoms with van der Waals surface area (Å²) in [5, 5.41) is 3.15. The third kappa shape index (κ3) is 5.71. The number of rotatable bonds is 8. The minimum atomic E-state index is -3.62. The Morgan fingerprint density at radius 2 is 1.80 bits per heavy atom. The molecule has 158 valence electrons. The topological polar surface area (TPSA) is 88.2 Å². The van der Waals surface area contributed by atoms with Crippen LogP contribution in [-0.2, 0) is 16.4 Å². The van der Waals surface area contributed by atoms with E-state index in [9.17, 15) is 17.6 Å². The third-order valence-electron chi connectivity index (χ3n) is 4.46. The van der Waals surface area contributed by atoms with Crippen molar-refractivity contribution >= 4 is 32.4 Å². The Hall–Kier alpha value is -2.62. The first-order chi connectivity index (χ1) is 14.3. The lowest BCUT2D eigenvalue weighted by atomic mass is 10.1. The Morgan fingerprint density at radius 1 is 1.13 bits per heavy atom. The second-order valence-corrected chi connectivity index (χ2v) is 9.67. The van der Waals surface area contributed by atoms with Crippen LogP contribution < -0.4 is 10.0 Å². The number of amides is 1. The Bertz CT molecular complexity index is 1110. The maximum atomic E-state index is 13.0. The van der Waals surface area contributed by atoms with E-state index in [1.165, 1.54) is 47.7 Å². The number of sulfonamides is 1. The number of nitrogens with one attached hydrogen (secondary N) is 2. The Balaban J connectivity index is 1.63. The molecule has 0 bridgehead atoms. The number of carbonyl (C=O) groups excluding carboxylic acids is 1. The standard InChI is InChI=1S/C21H22FN3O3S2/c1-3-14(2)25-30(27,28)19-10-6-16(7-11-19)20(26)24-21-23-13-18(29-21)12-15-4-8-17(22)9-5-15/h4-11,13-14,25H,3,12H2,1-2H3,(H,23,24,26). The van der Waals surface area contributed by atoms with Crippen molar-refractivity contribution < 1.29 is 17.6 Å². The highest BCUT2D eigenvalue weighted by molar-refractivity contribution is 7.89. The minimum Gasteiger partial charge on any atom is -0.298 e. The molecule has 1 amide bonds. The third-order valence-corrected chi connectivity index (χ3v) is 6.98. The van der Waals surface area contributed by atoms with Gasteiger partial charge >= 0.3 is 0 Å². The van der Waals surface area contributed by atoms with E-state index in [1.807, 2.05) is 6.92 Å². The fraction of sp³-hybridized carbons (Fsp3) is 0.238. The van der Waals surface area contributed by atoms with Crippen LogP contribution >= 0.6 is 11.3 Å². The second-order valence-electron chi connectivity index (χ2n) is 6.84. The largest absolute Gasteiger partial charge is 0.298 e. The van der Waals surface area contributed by atoms with Gasteiger partial charge in [0.2, 0.25) is 10.0 Å². The number of carbonyl (C=O) groups is 1. The number of thiazole rings is 1. The summed E-state index contributed by atoms with van der Waals surface area (Å²) in [6.07, 6.45) is 2.93. The molecule has 0 aliphatic rings. The number of hydrogen-bond donors (Lipinski definition) is 2. The zero-order valence-electron chi connectivity index (χ0n) is 16.6. The van der Waals surface area contributed by atoms with E-state index in [0.717, 1.165) is 10.4 Å². The first-order valence-electron chi connectivity index (χ1n) is 9.39. The zero-order chi connectivity index (χ0) is 21.7. The van der Waals surface area contributed by atoms with Crippen LogP contribution in [0, 0.1) is 5.82 Å². The van der Waals surface area contributed by atoms with Gasteiger partial charge in [0.1, 0.15) is 5.82 Å². The summed E-state index contributed by atoms with van der Waals surface area (Å²) in [6.45, 7) is 3.68. The van der Waals surface area contributed by atoms with E-state index >= 15 is 0 Å². The van der Waals surface area contributed by atoms with Gasteiger partial charge in [0.25, 0.3) is 5.91 Å². The molecular weight excluding hydrogens is 425 g/mol. The summed E-state index contributed by atoms with van der Waals surface area (Å²) < 4.78 is 40.2. The van der Waals surface area contributed by atoms with E-state index in [0.29, 0.717) is 23.5 Å². The molecule has 6 nitrogen and oxygen atoms in total. The van der Waals surface area contributed by atoms with Crippen molar-refractivity contribution in [1.82, 2.24) is 9.71 Å². The molecule has 1 heterocycles. The normalized spacial score (nSPS) is 12.5. The van der Waals surface area contributed by atoms with Crippen molar-refractivity contribution in [1.29, 1.82) is 0 Å². The van der Waals surface area contributed by atoms with Gasteiger partial charge in [-0.25, -0.2) is 22.5 Å². The van der Waals surface area contributed by atoms with E-state index in [-0.39, 0.29) is 22.7 Å². The molecule has 9 heteroatoms. The predicted octanol–water partition coefficient (Wildman–Crippen LogP) is 4.20. The van der Waals surface area contributed by atoms with E-state index < -0.39 is 10.0 Å². The molecule has 1 aromatic heterocycles. The van der Waals surface area contributed by atoms with Crippen LogP contribution in [-0.4, -0.2) is 25.4 Å². The smallest absolute Gasteiger partial charge is 0.257 e. The van der Waals surface area contributed by atoms with Crippen LogP contribution in [0.2, 0.25) is 0 Å². The highest BCUT2D eigenvalue weighted by Crippen LogP contribution is 2.22. The summed E-state index contributed by atoms with van der Waals surface area (Å²) in [7, 11) is -3.62. The second kappa shape index (κ2) is 9.46. The molecule has 0 aliphatic heterocycles. The fourth-order valence-electron chi connectivity index (χ4n) is 2.62. The quantitative estimate of drug-likeness (QED) is 0.542. The number of benzene rings is 2. The molecular formula is C21H22FN3O3S2. The summed E-state index contributed by atoms with van der Waals surface area (Å²) in [4.78, 5) is 17.7. The van der Waals surface area contributed by atoms with Gasteiger partial charge < -0.3 is 0 Å². The molecule has 1 atom stereocenters. The number of hydrogen-bond acceptors (Lipinski definition) is 5. The maximum Gasteiger partial charge on any atom is 0.257 e. The number of aromatic nitrogens is 1. The van der Waals surface area contributed by atoms with Crippen LogP contribution in [0.25, 0.3) is 0 Å². The summed E-state index contributed by atoms with van der Waals surface area (Å²) >= 11 is 1.33. The van der Waals surface area contributed by atoms with E-state index in [4.69, 9.17) is 0 Å². The molecule has 3 aromatic rings. The molecule has 0 saturated carbocycles. The van der Waals surface area contributed by atoms with Crippen LogP contribution in [0.15, 0.2) is 59.6 Å². The van der Waals surface area contributed by atoms with Crippen LogP contribution in [0.3, 0.4) is 0 Å². The molecule has 1 unspecified atom stereocenters. The van der Waals surface area contributed by atoms with Crippen molar-refractivity contribution in [3.63, 3.8) is 0 Å². The van der Waals surface area contributed by atoms with Gasteiger partial charge in [-0.1, -0.05) is 19.1 Å². The Labute approximate surface area is 179 Å². The fourth-order valence-corrected chi connectivity index (χ4v) is 4.79. The van der Waals surface area contributed by atoms with Crippen LogP contribution in [0.5, 0.6) is 0 Å². The summed E-state index contributed by atoms with van der Waals surface area (Å²) in [6, 6.07) is 11.8. The van der Waals surface area contributed by atoms with Gasteiger partial charge in [-0.15, -0.1) is 11.3 Å². The number of anilines is 1. The van der Waals surface area contributed by atoms with Crippen LogP contribution in [0.4, 0.5) is 9.52 Å². The van der Waals surface area contributed by atoms with Gasteiger partial charge in [-0.3, -0.25) is 10.1 Å². The molecule has 30 heavy (non-hydrogen) atoms. The highest BCUT2D eigenvalue weighted by Gasteiger charge is 2.17. The minimum absolute atomic E-state index is 0.107. The van der Waals surface area contributed by atoms with E-state index in [1.54, 1.807) is 25.3 Å². The lowest BCUT2D eigenvalue weighted by Crippen LogP contribution is -2.32. The molecule has 0 fully saturated rings. The molecule has 2 N–H and O–H groups in total. The first-order valence-corrected chi connectivity index (χ1v) is 11.7. The van der Waals surface area contributed by atoms with Crippen molar-refractivity contribution in [3.8, 4) is 0 Å². The number of nitrogens with zero attached hydrogens (tertiary/aromatic N) is 1. The monoisotopic (exact) mass is 447 g/mol. The van der Waals surface area contributed by atoms with Gasteiger partial charge in [0.15, 0.2) is 5.13 Å². The average Bonchev–Trinajstić information content (AvgIpc) is 3.16. The van der Waals surface area contributed by atoms with Crippen molar-refractivity contribution in [2.24, 2.45) is 0 Å². The Morgan fingerprint density at radius 3 is 2.43 bits per heavy atom. The maximum absolute atomic E-state index is 13.0. The van der Waals surface area contributed by atoms with Crippen molar-refractivity contribution in [2.45, 2.75) is 37.6 Å². The van der Waals surface area contributed by atoms with Crippen LogP contribution in [0.1, 0.15) is 41.1 Å². The molecule has 0 spiro atoms. The molecule has 0 radical (unpaired) electrons. The van der Waals surface area contributed by atoms with Crippen molar-refractivity contribution in [3.05, 3.63) is 76.5 Å². The van der Waals surface area contributed by atoms with Gasteiger partial charge in [-0.05, 0) is 55.3 Å². The molecule has 0 aliphatic carbocycles. The van der Waals surface area contributed by atoms with E-state index in [2.05, 4.69) is 15.0 Å². The molecule has 3 rings (SSSR count). The summed E-state index contributed by atoms with van der Waals surface area (Å²) in [5.41, 5.74) is 1.27. The highest BCUT2D eigenvalue weighted by atomic mass is 32.2. The van der Waals surface area contributed by atoms with Gasteiger partial charge in [-0.2, -0.15) is 0 Å². The van der Waals surface area contributed by atoms with Gasteiger partial charge in [0, 0.05) is 29.1 Å². The number of halogens is 1. The predicted molar refractivity (Wildman–Crippen MR) is 116 cm³/mol. The SMILES string of the molecule is CCC(C)NS(=O)(=O)c1ccc(C(=O)Nc2ncc(Cc3ccc(F)cc3)s2)cc1. The summed E-state index contributed by atoms with van der Waals surface area (Å²) in [5.74, 6) is -0.665. The molecule has 2 aromatic carbocycles. The first kappa shape index (κ1) is 22.1. The lowest BCUT2D eigenvalue weighted by Gasteiger charge is -2.12.